The number of aliphatic hydroxyl groups is 1. The highest BCUT2D eigenvalue weighted by Crippen LogP contribution is 2.64. The van der Waals surface area contributed by atoms with Crippen LogP contribution >= 0.6 is 22.6 Å². The van der Waals surface area contributed by atoms with Gasteiger partial charge in [-0.25, -0.2) is 0 Å². The Morgan fingerprint density at radius 1 is 1.10 bits per heavy atom. The first kappa shape index (κ1) is 24.8. The smallest absolute Gasteiger partial charge is 0.0743 e. The van der Waals surface area contributed by atoms with Gasteiger partial charge in [0.2, 0.25) is 0 Å². The van der Waals surface area contributed by atoms with Gasteiger partial charge in [0.25, 0.3) is 0 Å². The first-order valence-electron chi connectivity index (χ1n) is 13.0. The maximum atomic E-state index is 12.1. The van der Waals surface area contributed by atoms with Crippen molar-refractivity contribution in [3.8, 4) is 0 Å². The zero-order valence-corrected chi connectivity index (χ0v) is 22.2. The average molecular weight is 527 g/mol. The molecule has 0 aromatic heterocycles. The number of halogens is 1. The molecule has 3 aliphatic rings. The monoisotopic (exact) mass is 526 g/mol. The minimum Gasteiger partial charge on any atom is -0.389 e. The van der Waals surface area contributed by atoms with Gasteiger partial charge in [0.05, 0.1) is 5.60 Å². The molecule has 30 heavy (non-hydrogen) atoms. The van der Waals surface area contributed by atoms with Crippen molar-refractivity contribution in [2.75, 3.05) is 0 Å². The summed E-state index contributed by atoms with van der Waals surface area (Å²) in [6, 6.07) is 0. The van der Waals surface area contributed by atoms with Crippen LogP contribution in [0.5, 0.6) is 0 Å². The van der Waals surface area contributed by atoms with Gasteiger partial charge >= 0.3 is 0 Å². The van der Waals surface area contributed by atoms with Crippen molar-refractivity contribution in [1.29, 1.82) is 0 Å². The summed E-state index contributed by atoms with van der Waals surface area (Å²) < 4.78 is 2.14. The number of rotatable bonds is 8. The van der Waals surface area contributed by atoms with Crippen LogP contribution in [-0.4, -0.2) is 10.7 Å². The van der Waals surface area contributed by atoms with E-state index in [1.807, 2.05) is 0 Å². The Bertz CT molecular complexity index is 595. The van der Waals surface area contributed by atoms with Gasteiger partial charge in [0, 0.05) is 0 Å². The standard InChI is InChI=1S/C28H47IO/c1-21(2)9-7-10-22(3)25-15-16-26-27(25,4)19-17-24-14-13-23(11-5-6-20-29)12-8-18-28(24,26)30/h6,8,12,20-26,30H,5,7,9-11,13-19H2,1-4H3/b12-8-,20-6-/t22-,23?,24-,25-,26-,27-,28+/m1/s1. The first-order valence-corrected chi connectivity index (χ1v) is 14.2. The second-order valence-electron chi connectivity index (χ2n) is 11.7. The fourth-order valence-electron chi connectivity index (χ4n) is 7.73. The molecule has 1 nitrogen and oxygen atoms in total. The molecule has 0 aromatic carbocycles. The largest absolute Gasteiger partial charge is 0.389 e. The van der Waals surface area contributed by atoms with Crippen molar-refractivity contribution in [3.63, 3.8) is 0 Å². The quantitative estimate of drug-likeness (QED) is 0.248. The lowest BCUT2D eigenvalue weighted by Crippen LogP contribution is -2.55. The highest BCUT2D eigenvalue weighted by atomic mass is 127. The summed E-state index contributed by atoms with van der Waals surface area (Å²) in [6.07, 6.45) is 22.2. The molecule has 0 aromatic rings. The normalized spacial score (nSPS) is 41.3. The van der Waals surface area contributed by atoms with Crippen molar-refractivity contribution in [2.24, 2.45) is 40.9 Å². The topological polar surface area (TPSA) is 20.2 Å². The Morgan fingerprint density at radius 3 is 2.63 bits per heavy atom. The van der Waals surface area contributed by atoms with Gasteiger partial charge in [-0.1, -0.05) is 87.8 Å². The molecule has 172 valence electrons. The van der Waals surface area contributed by atoms with Crippen LogP contribution in [0.3, 0.4) is 0 Å². The number of allylic oxidation sites excluding steroid dienone is 2. The second kappa shape index (κ2) is 10.9. The molecule has 1 unspecified atom stereocenters. The Morgan fingerprint density at radius 2 is 1.90 bits per heavy atom. The van der Waals surface area contributed by atoms with E-state index in [9.17, 15) is 5.11 Å². The van der Waals surface area contributed by atoms with E-state index in [-0.39, 0.29) is 0 Å². The number of hydrogen-bond acceptors (Lipinski definition) is 1. The van der Waals surface area contributed by atoms with E-state index < -0.39 is 5.60 Å². The van der Waals surface area contributed by atoms with E-state index in [1.54, 1.807) is 0 Å². The molecule has 3 rings (SSSR count). The number of fused-ring (bicyclic) bond motifs is 3. The lowest BCUT2D eigenvalue weighted by Gasteiger charge is -2.55. The molecule has 0 saturated heterocycles. The van der Waals surface area contributed by atoms with Gasteiger partial charge in [-0.15, -0.1) is 0 Å². The van der Waals surface area contributed by atoms with Crippen molar-refractivity contribution in [2.45, 2.75) is 110 Å². The summed E-state index contributed by atoms with van der Waals surface area (Å²) in [6.45, 7) is 9.77. The molecule has 0 aliphatic heterocycles. The molecule has 0 bridgehead atoms. The van der Waals surface area contributed by atoms with Gasteiger partial charge in [-0.3, -0.25) is 0 Å². The predicted molar refractivity (Wildman–Crippen MR) is 139 cm³/mol. The maximum absolute atomic E-state index is 12.1. The van der Waals surface area contributed by atoms with Crippen LogP contribution in [0.15, 0.2) is 22.3 Å². The summed E-state index contributed by atoms with van der Waals surface area (Å²) in [5.41, 5.74) is -0.108. The molecule has 2 fully saturated rings. The Hall–Kier alpha value is 0.170. The fraction of sp³-hybridized carbons (Fsp3) is 0.857. The van der Waals surface area contributed by atoms with E-state index in [2.05, 4.69) is 72.6 Å². The molecule has 0 heterocycles. The third kappa shape index (κ3) is 5.38. The SMILES string of the molecule is CC(C)CCC[C@@H](C)[C@H]1CC[C@@H]2[C@]1(C)CC[C@H]1CCC(CC/C=C\I)/C=C\C[C@]12O. The summed E-state index contributed by atoms with van der Waals surface area (Å²) in [5.74, 6) is 4.15. The van der Waals surface area contributed by atoms with Crippen LogP contribution in [0.1, 0.15) is 105 Å². The second-order valence-corrected chi connectivity index (χ2v) is 12.4. The Labute approximate surface area is 200 Å². The van der Waals surface area contributed by atoms with Crippen LogP contribution in [0.2, 0.25) is 0 Å². The summed E-state index contributed by atoms with van der Waals surface area (Å²) >= 11 is 2.32. The molecule has 0 radical (unpaired) electrons. The molecule has 2 saturated carbocycles. The van der Waals surface area contributed by atoms with Crippen molar-refractivity contribution in [3.05, 3.63) is 22.3 Å². The van der Waals surface area contributed by atoms with E-state index in [1.165, 1.54) is 70.6 Å². The lowest BCUT2D eigenvalue weighted by atomic mass is 9.52. The van der Waals surface area contributed by atoms with Gasteiger partial charge < -0.3 is 5.11 Å². The molecular formula is C28H47IO. The Balaban J connectivity index is 1.68. The fourth-order valence-corrected chi connectivity index (χ4v) is 8.09. The maximum Gasteiger partial charge on any atom is 0.0743 e. The molecule has 2 heteroatoms. The van der Waals surface area contributed by atoms with Crippen LogP contribution < -0.4 is 0 Å². The molecule has 0 amide bonds. The van der Waals surface area contributed by atoms with Crippen LogP contribution in [0.4, 0.5) is 0 Å². The molecule has 0 spiro atoms. The van der Waals surface area contributed by atoms with Gasteiger partial charge in [-0.05, 0) is 103 Å². The summed E-state index contributed by atoms with van der Waals surface area (Å²) in [7, 11) is 0. The van der Waals surface area contributed by atoms with E-state index in [0.717, 1.165) is 24.2 Å². The summed E-state index contributed by atoms with van der Waals surface area (Å²) in [4.78, 5) is 0. The molecule has 1 N–H and O–H groups in total. The molecule has 3 aliphatic carbocycles. The van der Waals surface area contributed by atoms with Crippen molar-refractivity contribution >= 4 is 22.6 Å². The predicted octanol–water partition coefficient (Wildman–Crippen LogP) is 8.71. The van der Waals surface area contributed by atoms with Crippen molar-refractivity contribution in [1.82, 2.24) is 0 Å². The lowest BCUT2D eigenvalue weighted by molar-refractivity contribution is -0.149. The molecule has 7 atom stereocenters. The molecular weight excluding hydrogens is 479 g/mol. The Kier molecular flexibility index (Phi) is 8.98. The third-order valence-electron chi connectivity index (χ3n) is 9.41. The number of hydrogen-bond donors (Lipinski definition) is 1. The van der Waals surface area contributed by atoms with Gasteiger partial charge in [-0.2, -0.15) is 0 Å². The van der Waals surface area contributed by atoms with E-state index >= 15 is 0 Å². The van der Waals surface area contributed by atoms with Gasteiger partial charge in [0.1, 0.15) is 0 Å². The first-order chi connectivity index (χ1) is 14.3. The average Bonchev–Trinajstić information content (AvgIpc) is 3.04. The van der Waals surface area contributed by atoms with Crippen LogP contribution in [-0.2, 0) is 0 Å². The van der Waals surface area contributed by atoms with Gasteiger partial charge in [0.15, 0.2) is 0 Å². The zero-order valence-electron chi connectivity index (χ0n) is 20.1. The summed E-state index contributed by atoms with van der Waals surface area (Å²) in [5, 5.41) is 12.1. The van der Waals surface area contributed by atoms with Crippen LogP contribution in [0, 0.1) is 40.9 Å². The highest BCUT2D eigenvalue weighted by Gasteiger charge is 2.60. The zero-order chi connectivity index (χ0) is 21.8. The minimum atomic E-state index is -0.455. The van der Waals surface area contributed by atoms with E-state index in [0.29, 0.717) is 23.2 Å². The highest BCUT2D eigenvalue weighted by molar-refractivity contribution is 14.1. The minimum absolute atomic E-state index is 0.347. The van der Waals surface area contributed by atoms with E-state index in [4.69, 9.17) is 0 Å². The van der Waals surface area contributed by atoms with Crippen LogP contribution in [0.25, 0.3) is 0 Å². The van der Waals surface area contributed by atoms with Crippen molar-refractivity contribution < 1.29 is 5.11 Å². The third-order valence-corrected chi connectivity index (χ3v) is 9.92.